The number of rotatable bonds is 7. The number of halogens is 2. The third-order valence-corrected chi connectivity index (χ3v) is 2.84. The first-order chi connectivity index (χ1) is 11.0. The van der Waals surface area contributed by atoms with Crippen LogP contribution < -0.4 is 10.1 Å². The topological polar surface area (TPSA) is 93.5 Å². The summed E-state index contributed by atoms with van der Waals surface area (Å²) in [6.07, 6.45) is 1.14. The van der Waals surface area contributed by atoms with Crippen LogP contribution in [0.25, 0.3) is 0 Å². The van der Waals surface area contributed by atoms with Crippen LogP contribution in [0.5, 0.6) is 5.75 Å². The summed E-state index contributed by atoms with van der Waals surface area (Å²) in [4.78, 5) is 22.8. The zero-order valence-electron chi connectivity index (χ0n) is 11.8. The van der Waals surface area contributed by atoms with Gasteiger partial charge in [0.05, 0.1) is 18.7 Å². The highest BCUT2D eigenvalue weighted by Crippen LogP contribution is 2.25. The van der Waals surface area contributed by atoms with E-state index in [1.54, 1.807) is 6.07 Å². The van der Waals surface area contributed by atoms with Crippen LogP contribution in [-0.4, -0.2) is 33.4 Å². The van der Waals surface area contributed by atoms with Crippen LogP contribution in [0.2, 0.25) is 0 Å². The molecule has 1 heterocycles. The van der Waals surface area contributed by atoms with Crippen molar-refractivity contribution in [2.24, 2.45) is 0 Å². The molecular formula is C14H13F2N3O4. The maximum Gasteiger partial charge on any atom is 0.387 e. The van der Waals surface area contributed by atoms with Crippen molar-refractivity contribution in [2.75, 3.05) is 5.32 Å². The Balaban J connectivity index is 2.14. The summed E-state index contributed by atoms with van der Waals surface area (Å²) >= 11 is 0. The first-order valence-corrected chi connectivity index (χ1v) is 6.56. The molecule has 0 aliphatic carbocycles. The second kappa shape index (κ2) is 7.34. The standard InChI is InChI=1S/C14H13F2N3O4/c15-14(16)23-11-4-2-1-3-9(11)18-13(22)10-5-7-17-19(10)8-6-12(20)21/h1-5,7,14H,6,8H2,(H,18,22)(H,20,21). The lowest BCUT2D eigenvalue weighted by molar-refractivity contribution is -0.137. The first-order valence-electron chi connectivity index (χ1n) is 6.56. The number of aromatic nitrogens is 2. The number of carboxylic acids is 1. The Kier molecular flexibility index (Phi) is 5.23. The fourth-order valence-electron chi connectivity index (χ4n) is 1.86. The number of nitrogens with zero attached hydrogens (tertiary/aromatic N) is 2. The number of amides is 1. The number of hydrogen-bond donors (Lipinski definition) is 2. The first kappa shape index (κ1) is 16.4. The van der Waals surface area contributed by atoms with Crippen molar-refractivity contribution in [3.8, 4) is 5.75 Å². The number of nitrogens with one attached hydrogen (secondary N) is 1. The molecule has 7 nitrogen and oxygen atoms in total. The van der Waals surface area contributed by atoms with Crippen LogP contribution >= 0.6 is 0 Å². The van der Waals surface area contributed by atoms with Gasteiger partial charge in [0.15, 0.2) is 0 Å². The molecule has 0 fully saturated rings. The van der Waals surface area contributed by atoms with Crippen LogP contribution in [0.4, 0.5) is 14.5 Å². The number of carboxylic acid groups (broad SMARTS) is 1. The van der Waals surface area contributed by atoms with Gasteiger partial charge < -0.3 is 15.2 Å². The summed E-state index contributed by atoms with van der Waals surface area (Å²) in [6, 6.07) is 7.14. The van der Waals surface area contributed by atoms with Crippen molar-refractivity contribution < 1.29 is 28.2 Å². The average molecular weight is 325 g/mol. The van der Waals surface area contributed by atoms with Gasteiger partial charge in [-0.3, -0.25) is 14.3 Å². The van der Waals surface area contributed by atoms with Crippen LogP contribution in [0.15, 0.2) is 36.5 Å². The van der Waals surface area contributed by atoms with E-state index in [0.717, 1.165) is 0 Å². The molecule has 0 atom stereocenters. The Bertz CT molecular complexity index is 703. The van der Waals surface area contributed by atoms with E-state index in [1.807, 2.05) is 0 Å². The van der Waals surface area contributed by atoms with Crippen molar-refractivity contribution in [3.63, 3.8) is 0 Å². The van der Waals surface area contributed by atoms with E-state index in [0.29, 0.717) is 0 Å². The molecule has 0 radical (unpaired) electrons. The minimum atomic E-state index is -3.02. The van der Waals surface area contributed by atoms with Crippen LogP contribution in [0.1, 0.15) is 16.9 Å². The highest BCUT2D eigenvalue weighted by atomic mass is 19.3. The Morgan fingerprint density at radius 3 is 2.74 bits per heavy atom. The van der Waals surface area contributed by atoms with Gasteiger partial charge in [-0.2, -0.15) is 13.9 Å². The molecule has 0 aliphatic heterocycles. The summed E-state index contributed by atoms with van der Waals surface area (Å²) < 4.78 is 30.2. The molecule has 23 heavy (non-hydrogen) atoms. The largest absolute Gasteiger partial charge is 0.481 e. The van der Waals surface area contributed by atoms with E-state index < -0.39 is 18.5 Å². The summed E-state index contributed by atoms with van der Waals surface area (Å²) in [6.45, 7) is -3.01. The van der Waals surface area contributed by atoms with E-state index in [1.165, 1.54) is 35.1 Å². The van der Waals surface area contributed by atoms with E-state index in [4.69, 9.17) is 5.11 Å². The maximum absolute atomic E-state index is 12.3. The van der Waals surface area contributed by atoms with Gasteiger partial charge >= 0.3 is 12.6 Å². The normalized spacial score (nSPS) is 10.6. The van der Waals surface area contributed by atoms with Gasteiger partial charge in [-0.1, -0.05) is 12.1 Å². The molecule has 9 heteroatoms. The fourth-order valence-corrected chi connectivity index (χ4v) is 1.86. The summed E-state index contributed by atoms with van der Waals surface area (Å²) in [7, 11) is 0. The van der Waals surface area contributed by atoms with Gasteiger partial charge in [-0.15, -0.1) is 0 Å². The van der Waals surface area contributed by atoms with Crippen LogP contribution in [0, 0.1) is 0 Å². The minimum Gasteiger partial charge on any atom is -0.481 e. The van der Waals surface area contributed by atoms with Gasteiger partial charge in [-0.25, -0.2) is 0 Å². The molecule has 0 bridgehead atoms. The van der Waals surface area contributed by atoms with Crippen molar-refractivity contribution >= 4 is 17.6 Å². The van der Waals surface area contributed by atoms with Crippen molar-refractivity contribution in [3.05, 3.63) is 42.2 Å². The molecule has 0 aliphatic rings. The summed E-state index contributed by atoms with van der Waals surface area (Å²) in [5, 5.41) is 15.0. The van der Waals surface area contributed by atoms with Gasteiger partial charge in [0.1, 0.15) is 11.4 Å². The molecule has 0 saturated carbocycles. The number of hydrogen-bond acceptors (Lipinski definition) is 4. The second-order valence-electron chi connectivity index (χ2n) is 4.41. The fraction of sp³-hybridized carbons (Fsp3) is 0.214. The van der Waals surface area contributed by atoms with Gasteiger partial charge in [-0.05, 0) is 18.2 Å². The number of para-hydroxylation sites is 2. The zero-order valence-corrected chi connectivity index (χ0v) is 11.8. The molecule has 0 spiro atoms. The van der Waals surface area contributed by atoms with E-state index >= 15 is 0 Å². The Morgan fingerprint density at radius 2 is 2.04 bits per heavy atom. The molecule has 1 amide bonds. The number of ether oxygens (including phenoxy) is 1. The third kappa shape index (κ3) is 4.50. The maximum atomic E-state index is 12.3. The van der Waals surface area contributed by atoms with E-state index in [2.05, 4.69) is 15.2 Å². The number of carbonyl (C=O) groups excluding carboxylic acids is 1. The molecule has 2 N–H and O–H groups in total. The summed E-state index contributed by atoms with van der Waals surface area (Å²) in [5.41, 5.74) is 0.182. The highest BCUT2D eigenvalue weighted by Gasteiger charge is 2.16. The Morgan fingerprint density at radius 1 is 1.30 bits per heavy atom. The molecule has 0 unspecified atom stereocenters. The quantitative estimate of drug-likeness (QED) is 0.814. The number of aliphatic carboxylic acids is 1. The van der Waals surface area contributed by atoms with Gasteiger partial charge in [0.25, 0.3) is 5.91 Å². The molecule has 1 aromatic carbocycles. The van der Waals surface area contributed by atoms with Gasteiger partial charge in [0.2, 0.25) is 0 Å². The molecular weight excluding hydrogens is 312 g/mol. The average Bonchev–Trinajstić information content (AvgIpc) is 2.95. The lowest BCUT2D eigenvalue weighted by Crippen LogP contribution is -2.19. The highest BCUT2D eigenvalue weighted by molar-refractivity contribution is 6.03. The van der Waals surface area contributed by atoms with Crippen LogP contribution in [-0.2, 0) is 11.3 Å². The number of anilines is 1. The smallest absolute Gasteiger partial charge is 0.387 e. The van der Waals surface area contributed by atoms with E-state index in [-0.39, 0.29) is 30.1 Å². The molecule has 2 rings (SSSR count). The van der Waals surface area contributed by atoms with Gasteiger partial charge in [0, 0.05) is 6.20 Å². The van der Waals surface area contributed by atoms with E-state index in [9.17, 15) is 18.4 Å². The number of aryl methyl sites for hydroxylation is 1. The van der Waals surface area contributed by atoms with Crippen LogP contribution in [0.3, 0.4) is 0 Å². The predicted molar refractivity (Wildman–Crippen MR) is 75.5 cm³/mol. The lowest BCUT2D eigenvalue weighted by atomic mass is 10.2. The molecule has 0 saturated heterocycles. The Labute approximate surface area is 129 Å². The predicted octanol–water partition coefficient (Wildman–Crippen LogP) is 2.21. The number of benzene rings is 1. The zero-order chi connectivity index (χ0) is 16.8. The molecule has 1 aromatic heterocycles. The SMILES string of the molecule is O=C(O)CCn1nccc1C(=O)Nc1ccccc1OC(F)F. The number of carbonyl (C=O) groups is 2. The Hall–Kier alpha value is -2.97. The van der Waals surface area contributed by atoms with Crippen molar-refractivity contribution in [1.29, 1.82) is 0 Å². The molecule has 2 aromatic rings. The third-order valence-electron chi connectivity index (χ3n) is 2.84. The minimum absolute atomic E-state index is 0.0142. The van der Waals surface area contributed by atoms with Crippen molar-refractivity contribution in [2.45, 2.75) is 19.6 Å². The second-order valence-corrected chi connectivity index (χ2v) is 4.41. The monoisotopic (exact) mass is 325 g/mol. The lowest BCUT2D eigenvalue weighted by Gasteiger charge is -2.12. The molecule has 122 valence electrons. The van der Waals surface area contributed by atoms with Crippen molar-refractivity contribution in [1.82, 2.24) is 9.78 Å². The number of alkyl halides is 2. The summed E-state index contributed by atoms with van der Waals surface area (Å²) in [5.74, 6) is -1.81.